The van der Waals surface area contributed by atoms with Crippen LogP contribution in [0.3, 0.4) is 0 Å². The molecule has 0 saturated heterocycles. The molecule has 2 atom stereocenters. The van der Waals surface area contributed by atoms with E-state index in [0.717, 1.165) is 0 Å². The van der Waals surface area contributed by atoms with Gasteiger partial charge in [0.25, 0.3) is 0 Å². The molecule has 0 bridgehead atoms. The summed E-state index contributed by atoms with van der Waals surface area (Å²) in [6.07, 6.45) is 0.140. The summed E-state index contributed by atoms with van der Waals surface area (Å²) < 4.78 is 24.9. The smallest absolute Gasteiger partial charge is 0.410 e. The van der Waals surface area contributed by atoms with Crippen LogP contribution in [-0.4, -0.2) is 56.1 Å². The summed E-state index contributed by atoms with van der Waals surface area (Å²) in [6, 6.07) is -0.387. The molecule has 8 heteroatoms. The van der Waals surface area contributed by atoms with Crippen LogP contribution in [-0.2, 0) is 15.8 Å². The molecule has 0 fully saturated rings. The molecule has 0 aromatic carbocycles. The highest BCUT2D eigenvalue weighted by Gasteiger charge is 2.28. The molecule has 0 rings (SSSR count). The SMILES string of the molecule is C=C(CN=C(N)C(CC)N(CC)C(=O)OC(C)(C)C)CS(=O)O. The van der Waals surface area contributed by atoms with Crippen LogP contribution in [0.1, 0.15) is 41.0 Å². The molecule has 0 radical (unpaired) electrons. The zero-order valence-corrected chi connectivity index (χ0v) is 15.5. The summed E-state index contributed by atoms with van der Waals surface area (Å²) in [5, 5.41) is 0. The molecular weight excluding hydrogens is 318 g/mol. The Morgan fingerprint density at radius 1 is 1.43 bits per heavy atom. The van der Waals surface area contributed by atoms with Gasteiger partial charge in [-0.1, -0.05) is 13.5 Å². The first-order valence-corrected chi connectivity index (χ1v) is 8.82. The summed E-state index contributed by atoms with van der Waals surface area (Å²) in [4.78, 5) is 18.0. The Hall–Kier alpha value is -1.41. The second kappa shape index (κ2) is 9.67. The molecule has 1 amide bonds. The molecule has 0 spiro atoms. The number of nitrogens with zero attached hydrogens (tertiary/aromatic N) is 2. The zero-order valence-electron chi connectivity index (χ0n) is 14.7. The monoisotopic (exact) mass is 347 g/mol. The number of amides is 1. The molecule has 3 N–H and O–H groups in total. The maximum atomic E-state index is 12.3. The van der Waals surface area contributed by atoms with Gasteiger partial charge in [-0.05, 0) is 39.7 Å². The van der Waals surface area contributed by atoms with Gasteiger partial charge >= 0.3 is 6.09 Å². The van der Waals surface area contributed by atoms with Gasteiger partial charge in [-0.25, -0.2) is 9.00 Å². The van der Waals surface area contributed by atoms with E-state index in [1.807, 2.05) is 13.8 Å². The number of hydrogen-bond donors (Lipinski definition) is 2. The number of carbonyl (C=O) groups is 1. The maximum Gasteiger partial charge on any atom is 0.410 e. The van der Waals surface area contributed by atoms with E-state index in [1.165, 1.54) is 4.90 Å². The Morgan fingerprint density at radius 2 is 2.00 bits per heavy atom. The number of likely N-dealkylation sites (N-methyl/N-ethyl adjacent to an activating group) is 1. The summed E-state index contributed by atoms with van der Waals surface area (Å²) in [5.74, 6) is 0.238. The molecule has 0 saturated carbocycles. The summed E-state index contributed by atoms with van der Waals surface area (Å²) >= 11 is -1.95. The highest BCUT2D eigenvalue weighted by molar-refractivity contribution is 7.79. The van der Waals surface area contributed by atoms with E-state index in [1.54, 1.807) is 20.8 Å². The minimum Gasteiger partial charge on any atom is -0.444 e. The number of carbonyl (C=O) groups excluding carboxylic acids is 1. The van der Waals surface area contributed by atoms with Crippen molar-refractivity contribution >= 4 is 23.0 Å². The van der Waals surface area contributed by atoms with Gasteiger partial charge in [0.2, 0.25) is 0 Å². The van der Waals surface area contributed by atoms with Crippen LogP contribution in [0.2, 0.25) is 0 Å². The van der Waals surface area contributed by atoms with Gasteiger partial charge in [0.05, 0.1) is 18.3 Å². The number of ether oxygens (including phenoxy) is 1. The number of hydrogen-bond acceptors (Lipinski definition) is 4. The molecule has 0 aliphatic rings. The molecular formula is C15H29N3O4S. The normalized spacial score (nSPS) is 15.0. The van der Waals surface area contributed by atoms with Crippen LogP contribution in [0.4, 0.5) is 4.79 Å². The molecule has 0 aromatic rings. The Morgan fingerprint density at radius 3 is 2.39 bits per heavy atom. The molecule has 0 aromatic heterocycles. The molecule has 7 nitrogen and oxygen atoms in total. The third-order valence-electron chi connectivity index (χ3n) is 2.89. The molecule has 134 valence electrons. The predicted octanol–water partition coefficient (Wildman–Crippen LogP) is 2.16. The lowest BCUT2D eigenvalue weighted by molar-refractivity contribution is 0.0220. The second-order valence-corrected chi connectivity index (χ2v) is 7.08. The van der Waals surface area contributed by atoms with Gasteiger partial charge in [-0.3, -0.25) is 9.89 Å². The minimum atomic E-state index is -1.95. The fourth-order valence-corrected chi connectivity index (χ4v) is 2.36. The topological polar surface area (TPSA) is 105 Å². The van der Waals surface area contributed by atoms with Crippen molar-refractivity contribution in [3.05, 3.63) is 12.2 Å². The van der Waals surface area contributed by atoms with Crippen molar-refractivity contribution in [3.63, 3.8) is 0 Å². The van der Waals surface area contributed by atoms with Crippen LogP contribution in [0.5, 0.6) is 0 Å². The van der Waals surface area contributed by atoms with E-state index in [9.17, 15) is 9.00 Å². The lowest BCUT2D eigenvalue weighted by atomic mass is 10.1. The standard InChI is InChI=1S/C15H29N3O4S/c1-7-12(13(16)17-9-11(3)10-23(20)21)18(8-2)14(19)22-15(4,5)6/h12H,3,7-10H2,1-2,4-6H3,(H2,16,17)(H,20,21). The molecule has 2 unspecified atom stereocenters. The fraction of sp³-hybridized carbons (Fsp3) is 0.733. The van der Waals surface area contributed by atoms with Crippen molar-refractivity contribution < 1.29 is 18.3 Å². The van der Waals surface area contributed by atoms with Crippen LogP contribution in [0.15, 0.2) is 17.1 Å². The van der Waals surface area contributed by atoms with E-state index in [4.69, 9.17) is 15.0 Å². The fourth-order valence-electron chi connectivity index (χ4n) is 1.92. The van der Waals surface area contributed by atoms with Gasteiger partial charge in [-0.15, -0.1) is 0 Å². The average Bonchev–Trinajstić information content (AvgIpc) is 2.39. The predicted molar refractivity (Wildman–Crippen MR) is 94.0 cm³/mol. The van der Waals surface area contributed by atoms with Crippen LogP contribution in [0, 0.1) is 0 Å². The highest BCUT2D eigenvalue weighted by atomic mass is 32.2. The molecule has 0 aliphatic heterocycles. The first-order valence-electron chi connectivity index (χ1n) is 7.55. The lowest BCUT2D eigenvalue weighted by Crippen LogP contribution is -2.49. The van der Waals surface area contributed by atoms with Gasteiger partial charge < -0.3 is 15.0 Å². The second-order valence-electron chi connectivity index (χ2n) is 6.15. The van der Waals surface area contributed by atoms with Gasteiger partial charge in [0, 0.05) is 6.54 Å². The van der Waals surface area contributed by atoms with E-state index < -0.39 is 22.8 Å². The maximum absolute atomic E-state index is 12.3. The van der Waals surface area contributed by atoms with E-state index >= 15 is 0 Å². The van der Waals surface area contributed by atoms with Crippen LogP contribution < -0.4 is 5.73 Å². The Labute approximate surface area is 141 Å². The van der Waals surface area contributed by atoms with E-state index in [-0.39, 0.29) is 24.2 Å². The zero-order chi connectivity index (χ0) is 18.2. The van der Waals surface area contributed by atoms with E-state index in [0.29, 0.717) is 18.5 Å². The molecule has 0 heterocycles. The van der Waals surface area contributed by atoms with Crippen molar-refractivity contribution in [1.29, 1.82) is 0 Å². The number of aliphatic imine (C=N–C) groups is 1. The van der Waals surface area contributed by atoms with Gasteiger partial charge in [0.1, 0.15) is 11.4 Å². The van der Waals surface area contributed by atoms with Crippen molar-refractivity contribution in [3.8, 4) is 0 Å². The molecule has 23 heavy (non-hydrogen) atoms. The first-order chi connectivity index (χ1) is 10.5. The van der Waals surface area contributed by atoms with Gasteiger partial charge in [-0.2, -0.15) is 0 Å². The van der Waals surface area contributed by atoms with Crippen molar-refractivity contribution in [2.45, 2.75) is 52.7 Å². The number of nitrogens with two attached hydrogens (primary N) is 1. The van der Waals surface area contributed by atoms with Crippen LogP contribution >= 0.6 is 0 Å². The summed E-state index contributed by atoms with van der Waals surface area (Å²) in [5.41, 5.74) is 5.92. The highest BCUT2D eigenvalue weighted by Crippen LogP contribution is 2.14. The Bertz CT molecular complexity index is 472. The minimum absolute atomic E-state index is 0.0445. The quantitative estimate of drug-likeness (QED) is 0.303. The summed E-state index contributed by atoms with van der Waals surface area (Å²) in [7, 11) is 0. The van der Waals surface area contributed by atoms with Crippen molar-refractivity contribution in [2.24, 2.45) is 10.7 Å². The first kappa shape index (κ1) is 21.6. The third kappa shape index (κ3) is 8.71. The number of amidine groups is 1. The Kier molecular flexibility index (Phi) is 9.07. The molecule has 0 aliphatic carbocycles. The van der Waals surface area contributed by atoms with Gasteiger partial charge in [0.15, 0.2) is 11.1 Å². The van der Waals surface area contributed by atoms with Crippen LogP contribution in [0.25, 0.3) is 0 Å². The van der Waals surface area contributed by atoms with Crippen molar-refractivity contribution in [1.82, 2.24) is 4.90 Å². The largest absolute Gasteiger partial charge is 0.444 e. The number of rotatable bonds is 8. The van der Waals surface area contributed by atoms with E-state index in [2.05, 4.69) is 11.6 Å². The lowest BCUT2D eigenvalue weighted by Gasteiger charge is -2.32. The Balaban J connectivity index is 5.02. The summed E-state index contributed by atoms with van der Waals surface area (Å²) in [6.45, 7) is 13.4. The van der Waals surface area contributed by atoms with Crippen molar-refractivity contribution in [2.75, 3.05) is 18.8 Å². The third-order valence-corrected chi connectivity index (χ3v) is 3.54. The average molecular weight is 347 g/mol.